The van der Waals surface area contributed by atoms with Crippen LogP contribution in [0.2, 0.25) is 0 Å². The van der Waals surface area contributed by atoms with E-state index in [0.29, 0.717) is 17.0 Å². The zero-order chi connectivity index (χ0) is 35.9. The number of nitrogens with one attached hydrogen (secondary N) is 3. The molecular weight excluding hydrogens is 659 g/mol. The zero-order valence-corrected chi connectivity index (χ0v) is 30.1. The number of aromatic nitrogens is 4. The van der Waals surface area contributed by atoms with Crippen LogP contribution in [0.1, 0.15) is 80.2 Å². The van der Waals surface area contributed by atoms with Crippen molar-refractivity contribution in [3.8, 4) is 0 Å². The molecule has 49 heavy (non-hydrogen) atoms. The van der Waals surface area contributed by atoms with E-state index in [4.69, 9.17) is 24.5 Å². The van der Waals surface area contributed by atoms with Crippen LogP contribution in [-0.2, 0) is 32.9 Å². The van der Waals surface area contributed by atoms with Crippen molar-refractivity contribution in [2.24, 2.45) is 11.8 Å². The van der Waals surface area contributed by atoms with Crippen LogP contribution in [0.25, 0.3) is 11.2 Å². The molecule has 0 bridgehead atoms. The highest BCUT2D eigenvalue weighted by Gasteiger charge is 2.85. The fourth-order valence-electron chi connectivity index (χ4n) is 6.63. The van der Waals surface area contributed by atoms with E-state index in [9.17, 15) is 24.4 Å². The Labute approximate surface area is 286 Å². The summed E-state index contributed by atoms with van der Waals surface area (Å²) in [6.07, 6.45) is 1.41. The topological polar surface area (TPSA) is 234 Å². The molecule has 3 fully saturated rings. The van der Waals surface area contributed by atoms with Gasteiger partial charge in [-0.15, -0.1) is 0 Å². The number of nitrogen functional groups attached to an aromatic ring is 1. The van der Waals surface area contributed by atoms with Gasteiger partial charge in [-0.1, -0.05) is 27.7 Å². The summed E-state index contributed by atoms with van der Waals surface area (Å²) in [7, 11) is -4.27. The van der Waals surface area contributed by atoms with Gasteiger partial charge in [-0.25, -0.2) is 15.2 Å². The Balaban J connectivity index is 1.37. The van der Waals surface area contributed by atoms with Gasteiger partial charge in [0.25, 0.3) is 0 Å². The Bertz CT molecular complexity index is 1530. The fraction of sp³-hybridized carbons (Fsp3) is 0.774. The maximum atomic E-state index is 14.6. The third kappa shape index (κ3) is 7.58. The molecule has 0 amide bonds. The second-order valence-corrected chi connectivity index (χ2v) is 16.0. The first-order chi connectivity index (χ1) is 23.1. The standard InChI is InChI=1S/C31H51N8O9P/c1-8-45-26(41)19(12-16(3)4)37-49(44,38-20(13-17(5)6)27(42)46-9-2)47-14-21-23(40)31(43)28(30(31,7)48-21)39-15-33-22-24(34-18-10-11-18)35-29(32)36-25(22)39/h15-21,23,28,40,43H,8-14H2,1-7H3,(H2,37,38,44)(H3,32,34,35,36). The van der Waals surface area contributed by atoms with Crippen LogP contribution in [0.5, 0.6) is 0 Å². The minimum Gasteiger partial charge on any atom is -0.465 e. The molecule has 3 aliphatic rings. The number of anilines is 2. The van der Waals surface area contributed by atoms with E-state index in [1.54, 1.807) is 25.3 Å². The van der Waals surface area contributed by atoms with Gasteiger partial charge < -0.3 is 44.6 Å². The molecule has 2 aromatic heterocycles. The largest absolute Gasteiger partial charge is 0.465 e. The Morgan fingerprint density at radius 1 is 1.08 bits per heavy atom. The van der Waals surface area contributed by atoms with Gasteiger partial charge in [0.1, 0.15) is 41.5 Å². The first-order valence-corrected chi connectivity index (χ1v) is 18.7. The van der Waals surface area contributed by atoms with Gasteiger partial charge in [0.05, 0.1) is 26.1 Å². The van der Waals surface area contributed by atoms with Crippen LogP contribution in [0, 0.1) is 11.8 Å². The van der Waals surface area contributed by atoms with E-state index in [1.165, 1.54) is 6.33 Å². The number of aliphatic hydroxyl groups is 2. The third-order valence-corrected chi connectivity index (χ3v) is 10.9. The lowest BCUT2D eigenvalue weighted by Crippen LogP contribution is -2.46. The Morgan fingerprint density at radius 3 is 2.12 bits per heavy atom. The molecule has 1 aliphatic heterocycles. The van der Waals surface area contributed by atoms with Crippen molar-refractivity contribution in [1.29, 1.82) is 0 Å². The lowest BCUT2D eigenvalue weighted by atomic mass is 10.1. The number of ether oxygens (including phenoxy) is 3. The number of rotatable bonds is 18. The van der Waals surface area contributed by atoms with E-state index in [-0.39, 0.29) is 49.9 Å². The molecule has 0 aromatic carbocycles. The van der Waals surface area contributed by atoms with Crippen LogP contribution in [0.3, 0.4) is 0 Å². The molecule has 17 nitrogen and oxygen atoms in total. The summed E-state index contributed by atoms with van der Waals surface area (Å²) in [4.78, 5) is 39.0. The maximum Gasteiger partial charge on any atom is 0.342 e. The van der Waals surface area contributed by atoms with Crippen molar-refractivity contribution in [3.63, 3.8) is 0 Å². The molecule has 2 aliphatic carbocycles. The van der Waals surface area contributed by atoms with Gasteiger partial charge >= 0.3 is 19.6 Å². The van der Waals surface area contributed by atoms with Crippen LogP contribution >= 0.6 is 7.67 Å². The van der Waals surface area contributed by atoms with Crippen LogP contribution in [0.4, 0.5) is 11.8 Å². The monoisotopic (exact) mass is 710 g/mol. The number of nitrogens with two attached hydrogens (primary N) is 1. The predicted molar refractivity (Wildman–Crippen MR) is 179 cm³/mol. The second kappa shape index (κ2) is 14.4. The van der Waals surface area contributed by atoms with Gasteiger partial charge in [0, 0.05) is 6.04 Å². The normalized spacial score (nSPS) is 28.7. The van der Waals surface area contributed by atoms with E-state index in [0.717, 1.165) is 12.8 Å². The van der Waals surface area contributed by atoms with Crippen LogP contribution in [-0.4, -0.2) is 103 Å². The molecule has 274 valence electrons. The Morgan fingerprint density at radius 2 is 1.65 bits per heavy atom. The molecule has 7 atom stereocenters. The van der Waals surface area contributed by atoms with Gasteiger partial charge in [-0.3, -0.25) is 14.2 Å². The minimum atomic E-state index is -4.27. The van der Waals surface area contributed by atoms with E-state index >= 15 is 0 Å². The number of carbonyl (C=O) groups is 2. The van der Waals surface area contributed by atoms with Crippen molar-refractivity contribution in [3.05, 3.63) is 6.33 Å². The maximum absolute atomic E-state index is 14.6. The number of hydrogen-bond donors (Lipinski definition) is 6. The second-order valence-electron chi connectivity index (χ2n) is 14.1. The average Bonchev–Trinajstić information content (AvgIpc) is 3.84. The number of carbonyl (C=O) groups excluding carboxylic acids is 2. The minimum absolute atomic E-state index is 0.00514. The van der Waals surface area contributed by atoms with Crippen LogP contribution in [0.15, 0.2) is 6.33 Å². The highest BCUT2D eigenvalue weighted by atomic mass is 31.2. The fourth-order valence-corrected chi connectivity index (χ4v) is 8.46. The van der Waals surface area contributed by atoms with Crippen molar-refractivity contribution >= 4 is 42.5 Å². The van der Waals surface area contributed by atoms with Crippen molar-refractivity contribution in [2.75, 3.05) is 30.9 Å². The highest BCUT2D eigenvalue weighted by Crippen LogP contribution is 2.68. The predicted octanol–water partition coefficient (Wildman–Crippen LogP) is 2.05. The molecule has 1 saturated heterocycles. The lowest BCUT2D eigenvalue weighted by molar-refractivity contribution is -0.146. The van der Waals surface area contributed by atoms with E-state index in [1.807, 2.05) is 27.7 Å². The first-order valence-electron chi connectivity index (χ1n) is 17.0. The summed E-state index contributed by atoms with van der Waals surface area (Å²) in [5.41, 5.74) is 3.76. The number of esters is 2. The molecule has 2 aromatic rings. The van der Waals surface area contributed by atoms with Crippen molar-refractivity contribution in [1.82, 2.24) is 29.7 Å². The summed E-state index contributed by atoms with van der Waals surface area (Å²) in [6, 6.07) is -2.60. The molecule has 18 heteroatoms. The van der Waals surface area contributed by atoms with Gasteiger partial charge in [0.15, 0.2) is 17.0 Å². The van der Waals surface area contributed by atoms with E-state index < -0.39 is 67.8 Å². The number of nitrogens with zero attached hydrogens (tertiary/aromatic N) is 4. The highest BCUT2D eigenvalue weighted by molar-refractivity contribution is 7.54. The Hall–Kier alpha value is -2.92. The molecular formula is C31H51N8O9P. The zero-order valence-electron chi connectivity index (χ0n) is 29.2. The number of fused-ring (bicyclic) bond motifs is 2. The molecule has 3 heterocycles. The summed E-state index contributed by atoms with van der Waals surface area (Å²) < 4.78 is 38.9. The molecule has 2 saturated carbocycles. The van der Waals surface area contributed by atoms with Gasteiger partial charge in [-0.2, -0.15) is 9.97 Å². The molecule has 7 unspecified atom stereocenters. The number of aliphatic hydroxyl groups excluding tert-OH is 1. The quantitative estimate of drug-likeness (QED) is 0.0959. The smallest absolute Gasteiger partial charge is 0.342 e. The van der Waals surface area contributed by atoms with Crippen molar-refractivity contribution < 1.29 is 43.1 Å². The summed E-state index contributed by atoms with van der Waals surface area (Å²) >= 11 is 0. The summed E-state index contributed by atoms with van der Waals surface area (Å²) in [6.45, 7) is 12.3. The molecule has 7 N–H and O–H groups in total. The molecule has 0 radical (unpaired) electrons. The number of hydrogen-bond acceptors (Lipinski definition) is 14. The van der Waals surface area contributed by atoms with Gasteiger partial charge in [0.2, 0.25) is 5.95 Å². The third-order valence-electron chi connectivity index (χ3n) is 9.11. The van der Waals surface area contributed by atoms with Crippen molar-refractivity contribution in [2.45, 2.75) is 122 Å². The molecule has 5 rings (SSSR count). The SMILES string of the molecule is CCOC(=O)C(CC(C)C)NP(=O)(NC(CC(C)C)C(=O)OCC)OCC1OC2(C)C(n3cnc4c(NC5CC5)nc(N)nc43)C2(O)C1O. The lowest BCUT2D eigenvalue weighted by Gasteiger charge is -2.31. The summed E-state index contributed by atoms with van der Waals surface area (Å²) in [5.74, 6) is -0.729. The summed E-state index contributed by atoms with van der Waals surface area (Å²) in [5, 5.41) is 32.2. The van der Waals surface area contributed by atoms with Gasteiger partial charge in [-0.05, 0) is 58.3 Å². The van der Waals surface area contributed by atoms with Crippen LogP contribution < -0.4 is 21.2 Å². The first kappa shape index (κ1) is 37.3. The average molecular weight is 711 g/mol. The number of imidazole rings is 1. The Kier molecular flexibility index (Phi) is 10.9. The molecule has 0 spiro atoms. The van der Waals surface area contributed by atoms with E-state index in [2.05, 4.69) is 30.4 Å².